The zero-order valence-corrected chi connectivity index (χ0v) is 20.7. The second-order valence-corrected chi connectivity index (χ2v) is 10.5. The van der Waals surface area contributed by atoms with Crippen molar-refractivity contribution in [3.63, 3.8) is 0 Å². The van der Waals surface area contributed by atoms with Gasteiger partial charge in [-0.3, -0.25) is 9.69 Å². The first-order chi connectivity index (χ1) is 15.7. The Balaban J connectivity index is 1.30. The van der Waals surface area contributed by atoms with Gasteiger partial charge in [-0.05, 0) is 68.6 Å². The number of anilines is 1. The highest BCUT2D eigenvalue weighted by molar-refractivity contribution is 7.89. The number of carbonyl (C=O) groups excluding carboxylic acids is 1. The van der Waals surface area contributed by atoms with Crippen LogP contribution in [0.1, 0.15) is 29.5 Å². The molecule has 2 N–H and O–H groups in total. The van der Waals surface area contributed by atoms with Gasteiger partial charge in [0, 0.05) is 51.4 Å². The van der Waals surface area contributed by atoms with E-state index in [0.717, 1.165) is 44.7 Å². The lowest BCUT2D eigenvalue weighted by Crippen LogP contribution is -2.47. The molecule has 3 rings (SSSR count). The fourth-order valence-electron chi connectivity index (χ4n) is 4.05. The number of hydrogen-bond acceptors (Lipinski definition) is 5. The summed E-state index contributed by atoms with van der Waals surface area (Å²) in [5, 5.41) is 2.90. The van der Waals surface area contributed by atoms with Crippen LogP contribution in [0.2, 0.25) is 0 Å². The Kier molecular flexibility index (Phi) is 8.88. The summed E-state index contributed by atoms with van der Waals surface area (Å²) in [7, 11) is -3.62. The van der Waals surface area contributed by atoms with Crippen molar-refractivity contribution in [2.45, 2.75) is 38.5 Å². The fourth-order valence-corrected chi connectivity index (χ4v) is 5.41. The maximum absolute atomic E-state index is 12.5. The number of benzene rings is 2. The molecule has 1 saturated heterocycles. The van der Waals surface area contributed by atoms with Crippen LogP contribution in [0, 0.1) is 20.8 Å². The van der Waals surface area contributed by atoms with Gasteiger partial charge >= 0.3 is 0 Å². The average Bonchev–Trinajstić information content (AvgIpc) is 2.78. The minimum Gasteiger partial charge on any atom is -0.369 e. The van der Waals surface area contributed by atoms with E-state index < -0.39 is 10.0 Å². The number of piperazine rings is 1. The van der Waals surface area contributed by atoms with Crippen LogP contribution in [-0.2, 0) is 14.8 Å². The van der Waals surface area contributed by atoms with Crippen molar-refractivity contribution in [1.29, 1.82) is 0 Å². The number of carbonyl (C=O) groups is 1. The minimum absolute atomic E-state index is 0.0858. The molecule has 1 aliphatic rings. The summed E-state index contributed by atoms with van der Waals surface area (Å²) in [5.41, 5.74) is 4.14. The van der Waals surface area contributed by atoms with Crippen LogP contribution in [0.15, 0.2) is 47.4 Å². The normalized spacial score (nSPS) is 14.9. The third-order valence-electron chi connectivity index (χ3n) is 5.99. The Morgan fingerprint density at radius 2 is 1.67 bits per heavy atom. The highest BCUT2D eigenvalue weighted by Gasteiger charge is 2.18. The van der Waals surface area contributed by atoms with Crippen molar-refractivity contribution >= 4 is 21.6 Å². The van der Waals surface area contributed by atoms with Crippen molar-refractivity contribution in [3.05, 3.63) is 59.2 Å². The molecular weight excluding hydrogens is 436 g/mol. The molecule has 1 amide bonds. The maximum atomic E-state index is 12.5. The molecule has 1 heterocycles. The summed E-state index contributed by atoms with van der Waals surface area (Å²) in [6, 6.07) is 13.9. The molecule has 0 aliphatic carbocycles. The van der Waals surface area contributed by atoms with Crippen molar-refractivity contribution in [1.82, 2.24) is 14.9 Å². The van der Waals surface area contributed by atoms with E-state index in [1.54, 1.807) is 19.1 Å². The Bertz CT molecular complexity index is 1050. The van der Waals surface area contributed by atoms with Gasteiger partial charge < -0.3 is 10.2 Å². The van der Waals surface area contributed by atoms with Gasteiger partial charge in [-0.25, -0.2) is 13.1 Å². The quantitative estimate of drug-likeness (QED) is 0.520. The highest BCUT2D eigenvalue weighted by Crippen LogP contribution is 2.18. The Hall–Kier alpha value is -2.42. The number of nitrogens with zero attached hydrogens (tertiary/aromatic N) is 2. The standard InChI is InChI=1S/C25H36N4O3S/c1-20-6-4-7-23(18-20)29-16-14-28(15-17-29)13-5-11-26-25(30)10-12-27-33(31,32)24-19-21(2)8-9-22(24)3/h4,6-9,18-19,27H,5,10-17H2,1-3H3,(H,26,30). The third-order valence-corrected chi connectivity index (χ3v) is 7.59. The van der Waals surface area contributed by atoms with E-state index in [1.165, 1.54) is 11.3 Å². The van der Waals surface area contributed by atoms with Gasteiger partial charge in [0.1, 0.15) is 0 Å². The van der Waals surface area contributed by atoms with Gasteiger partial charge in [-0.2, -0.15) is 0 Å². The van der Waals surface area contributed by atoms with Gasteiger partial charge in [0.2, 0.25) is 15.9 Å². The van der Waals surface area contributed by atoms with Crippen LogP contribution < -0.4 is 14.9 Å². The third kappa shape index (κ3) is 7.55. The number of amides is 1. The molecule has 0 spiro atoms. The summed E-state index contributed by atoms with van der Waals surface area (Å²) in [6.07, 6.45) is 1.00. The first-order valence-electron chi connectivity index (χ1n) is 11.6. The Morgan fingerprint density at radius 3 is 2.39 bits per heavy atom. The lowest BCUT2D eigenvalue weighted by atomic mass is 10.2. The lowest BCUT2D eigenvalue weighted by molar-refractivity contribution is -0.120. The Morgan fingerprint density at radius 1 is 0.939 bits per heavy atom. The minimum atomic E-state index is -3.62. The molecule has 1 aliphatic heterocycles. The maximum Gasteiger partial charge on any atom is 0.240 e. The molecule has 180 valence electrons. The fraction of sp³-hybridized carbons (Fsp3) is 0.480. The summed E-state index contributed by atoms with van der Waals surface area (Å²) >= 11 is 0. The zero-order valence-electron chi connectivity index (χ0n) is 19.9. The van der Waals surface area contributed by atoms with Gasteiger partial charge in [-0.15, -0.1) is 0 Å². The van der Waals surface area contributed by atoms with Crippen LogP contribution in [0.3, 0.4) is 0 Å². The van der Waals surface area contributed by atoms with E-state index >= 15 is 0 Å². The van der Waals surface area contributed by atoms with E-state index in [-0.39, 0.29) is 23.8 Å². The predicted octanol–water partition coefficient (Wildman–Crippen LogP) is 2.61. The second kappa shape index (κ2) is 11.6. The van der Waals surface area contributed by atoms with E-state index in [2.05, 4.69) is 51.0 Å². The number of hydrogen-bond donors (Lipinski definition) is 2. The monoisotopic (exact) mass is 472 g/mol. The van der Waals surface area contributed by atoms with E-state index in [1.807, 2.05) is 13.0 Å². The van der Waals surface area contributed by atoms with Gasteiger partial charge in [0.05, 0.1) is 4.90 Å². The molecule has 7 nitrogen and oxygen atoms in total. The molecule has 0 atom stereocenters. The highest BCUT2D eigenvalue weighted by atomic mass is 32.2. The molecule has 0 bridgehead atoms. The van der Waals surface area contributed by atoms with Gasteiger partial charge in [-0.1, -0.05) is 24.3 Å². The first kappa shape index (κ1) is 25.2. The second-order valence-electron chi connectivity index (χ2n) is 8.79. The number of sulfonamides is 1. The molecule has 2 aromatic carbocycles. The number of nitrogens with one attached hydrogen (secondary N) is 2. The molecule has 0 radical (unpaired) electrons. The largest absolute Gasteiger partial charge is 0.369 e. The van der Waals surface area contributed by atoms with Crippen molar-refractivity contribution in [2.24, 2.45) is 0 Å². The van der Waals surface area contributed by atoms with Crippen molar-refractivity contribution in [2.75, 3.05) is 50.7 Å². The number of aryl methyl sites for hydroxylation is 3. The summed E-state index contributed by atoms with van der Waals surface area (Å²) < 4.78 is 27.5. The SMILES string of the molecule is Cc1cccc(N2CCN(CCCNC(=O)CCNS(=O)(=O)c3cc(C)ccc3C)CC2)c1. The van der Waals surface area contributed by atoms with Gasteiger partial charge in [0.25, 0.3) is 0 Å². The molecule has 1 fully saturated rings. The van der Waals surface area contributed by atoms with Crippen molar-refractivity contribution in [3.8, 4) is 0 Å². The van der Waals surface area contributed by atoms with E-state index in [0.29, 0.717) is 12.1 Å². The van der Waals surface area contributed by atoms with Crippen LogP contribution in [0.25, 0.3) is 0 Å². The smallest absolute Gasteiger partial charge is 0.240 e. The first-order valence-corrected chi connectivity index (χ1v) is 13.1. The molecule has 0 saturated carbocycles. The molecular formula is C25H36N4O3S. The number of rotatable bonds is 10. The molecule has 33 heavy (non-hydrogen) atoms. The predicted molar refractivity (Wildman–Crippen MR) is 133 cm³/mol. The summed E-state index contributed by atoms with van der Waals surface area (Å²) in [5.74, 6) is -0.136. The van der Waals surface area contributed by atoms with Crippen LogP contribution >= 0.6 is 0 Å². The summed E-state index contributed by atoms with van der Waals surface area (Å²) in [6.45, 7) is 11.4. The van der Waals surface area contributed by atoms with Crippen LogP contribution in [0.5, 0.6) is 0 Å². The lowest BCUT2D eigenvalue weighted by Gasteiger charge is -2.36. The average molecular weight is 473 g/mol. The summed E-state index contributed by atoms with van der Waals surface area (Å²) in [4.78, 5) is 17.2. The molecule has 8 heteroatoms. The topological polar surface area (TPSA) is 81.8 Å². The van der Waals surface area contributed by atoms with Crippen molar-refractivity contribution < 1.29 is 13.2 Å². The van der Waals surface area contributed by atoms with Gasteiger partial charge in [0.15, 0.2) is 0 Å². The molecule has 0 aromatic heterocycles. The van der Waals surface area contributed by atoms with E-state index in [4.69, 9.17) is 0 Å². The molecule has 0 unspecified atom stereocenters. The van der Waals surface area contributed by atoms with Crippen LogP contribution in [-0.4, -0.2) is 65.0 Å². The zero-order chi connectivity index (χ0) is 23.8. The molecule has 2 aromatic rings. The Labute approximate surface area is 198 Å². The van der Waals surface area contributed by atoms with Crippen LogP contribution in [0.4, 0.5) is 5.69 Å². The van der Waals surface area contributed by atoms with E-state index in [9.17, 15) is 13.2 Å².